The minimum absolute atomic E-state index is 0.223. The molecule has 1 aromatic heterocycles. The highest BCUT2D eigenvalue weighted by Gasteiger charge is 2.26. The molecule has 6 nitrogen and oxygen atoms in total. The van der Waals surface area contributed by atoms with E-state index in [1.165, 1.54) is 5.51 Å². The molecule has 1 atom stereocenters. The molecule has 8 heteroatoms. The van der Waals surface area contributed by atoms with E-state index >= 15 is 0 Å². The molecule has 0 saturated heterocycles. The van der Waals surface area contributed by atoms with Crippen molar-refractivity contribution in [3.63, 3.8) is 0 Å². The number of carboxylic acids is 1. The van der Waals surface area contributed by atoms with Crippen molar-refractivity contribution in [2.24, 2.45) is 0 Å². The van der Waals surface area contributed by atoms with Crippen LogP contribution in [0.15, 0.2) is 9.72 Å². The maximum Gasteiger partial charge on any atom is 0.356 e. The Morgan fingerprint density at radius 3 is 2.94 bits per heavy atom. The smallest absolute Gasteiger partial charge is 0.356 e. The number of nitrogens with one attached hydrogen (secondary N) is 1. The third-order valence-electron chi connectivity index (χ3n) is 1.76. The lowest BCUT2D eigenvalue weighted by Gasteiger charge is -2.10. The van der Waals surface area contributed by atoms with Gasteiger partial charge in [0, 0.05) is 12.5 Å². The molecule has 0 amide bonds. The highest BCUT2D eigenvalue weighted by molar-refractivity contribution is 7.91. The van der Waals surface area contributed by atoms with Crippen LogP contribution in [-0.4, -0.2) is 30.5 Å². The SMILES string of the molecule is C#CCC(C)NS(=O)(=O)c1scnc1C(=O)O. The van der Waals surface area contributed by atoms with E-state index in [0.717, 1.165) is 11.3 Å². The van der Waals surface area contributed by atoms with Crippen molar-refractivity contribution in [3.05, 3.63) is 11.2 Å². The quantitative estimate of drug-likeness (QED) is 0.763. The summed E-state index contributed by atoms with van der Waals surface area (Å²) >= 11 is 0.751. The summed E-state index contributed by atoms with van der Waals surface area (Å²) in [6.45, 7) is 1.60. The van der Waals surface area contributed by atoms with Gasteiger partial charge in [0.1, 0.15) is 0 Å². The normalized spacial score (nSPS) is 12.9. The van der Waals surface area contributed by atoms with Crippen molar-refractivity contribution >= 4 is 27.3 Å². The minimum atomic E-state index is -3.88. The van der Waals surface area contributed by atoms with E-state index in [1.54, 1.807) is 6.92 Å². The van der Waals surface area contributed by atoms with Crippen LogP contribution >= 0.6 is 11.3 Å². The summed E-state index contributed by atoms with van der Waals surface area (Å²) in [6.07, 6.45) is 5.28. The minimum Gasteiger partial charge on any atom is -0.476 e. The molecule has 1 rings (SSSR count). The van der Waals surface area contributed by atoms with Gasteiger partial charge in [-0.3, -0.25) is 0 Å². The molecule has 17 heavy (non-hydrogen) atoms. The third kappa shape index (κ3) is 3.26. The van der Waals surface area contributed by atoms with Crippen molar-refractivity contribution < 1.29 is 18.3 Å². The number of hydrogen-bond donors (Lipinski definition) is 2. The van der Waals surface area contributed by atoms with Gasteiger partial charge in [-0.25, -0.2) is 22.9 Å². The third-order valence-corrected chi connectivity index (χ3v) is 4.72. The fraction of sp³-hybridized carbons (Fsp3) is 0.333. The number of aromatic carboxylic acids is 1. The fourth-order valence-electron chi connectivity index (χ4n) is 1.11. The Morgan fingerprint density at radius 2 is 2.41 bits per heavy atom. The Balaban J connectivity index is 3.02. The van der Waals surface area contributed by atoms with Gasteiger partial charge < -0.3 is 5.11 Å². The number of nitrogens with zero attached hydrogens (tertiary/aromatic N) is 1. The van der Waals surface area contributed by atoms with E-state index in [-0.39, 0.29) is 10.6 Å². The van der Waals surface area contributed by atoms with Gasteiger partial charge in [-0.2, -0.15) is 0 Å². The first-order valence-corrected chi connectivity index (χ1v) is 6.87. The van der Waals surface area contributed by atoms with Crippen LogP contribution < -0.4 is 4.72 Å². The van der Waals surface area contributed by atoms with Crippen LogP contribution in [0.2, 0.25) is 0 Å². The molecule has 0 aliphatic carbocycles. The van der Waals surface area contributed by atoms with Gasteiger partial charge in [0.05, 0.1) is 5.51 Å². The first kappa shape index (κ1) is 13.6. The molecule has 0 spiro atoms. The highest BCUT2D eigenvalue weighted by Crippen LogP contribution is 2.20. The van der Waals surface area contributed by atoms with Gasteiger partial charge in [0.15, 0.2) is 9.90 Å². The molecule has 0 aromatic carbocycles. The zero-order valence-corrected chi connectivity index (χ0v) is 10.5. The molecule has 0 aliphatic heterocycles. The number of carbonyl (C=O) groups is 1. The summed E-state index contributed by atoms with van der Waals surface area (Å²) in [6, 6.07) is -0.464. The average molecular weight is 274 g/mol. The largest absolute Gasteiger partial charge is 0.476 e. The van der Waals surface area contributed by atoms with Crippen LogP contribution in [0.4, 0.5) is 0 Å². The fourth-order valence-corrected chi connectivity index (χ4v) is 3.51. The molecule has 92 valence electrons. The second-order valence-electron chi connectivity index (χ2n) is 3.22. The lowest BCUT2D eigenvalue weighted by molar-refractivity contribution is 0.0687. The lowest BCUT2D eigenvalue weighted by Crippen LogP contribution is -2.32. The summed E-state index contributed by atoms with van der Waals surface area (Å²) in [5, 5.41) is 8.77. The maximum atomic E-state index is 11.8. The summed E-state index contributed by atoms with van der Waals surface area (Å²) in [4.78, 5) is 14.3. The van der Waals surface area contributed by atoms with Crippen molar-refractivity contribution in [2.75, 3.05) is 0 Å². The molecular formula is C9H10N2O4S2. The molecule has 0 bridgehead atoms. The summed E-state index contributed by atoms with van der Waals surface area (Å²) < 4.78 is 25.6. The Labute approximate surface area is 103 Å². The number of aromatic nitrogens is 1. The summed E-state index contributed by atoms with van der Waals surface area (Å²) in [5.41, 5.74) is 0.694. The predicted octanol–water partition coefficient (Wildman–Crippen LogP) is 0.531. The number of hydrogen-bond acceptors (Lipinski definition) is 5. The Bertz CT molecular complexity index is 556. The molecule has 0 fully saturated rings. The van der Waals surface area contributed by atoms with Crippen molar-refractivity contribution in [3.8, 4) is 12.3 Å². The molecule has 1 heterocycles. The van der Waals surface area contributed by atoms with Crippen LogP contribution in [0.25, 0.3) is 0 Å². The standard InChI is InChI=1S/C9H10N2O4S2/c1-3-4-6(2)11-17(14,15)9-7(8(12)13)10-5-16-9/h1,5-6,11H,4H2,2H3,(H,12,13). The van der Waals surface area contributed by atoms with E-state index < -0.39 is 27.7 Å². The first-order valence-electron chi connectivity index (χ1n) is 4.51. The van der Waals surface area contributed by atoms with Gasteiger partial charge in [-0.15, -0.1) is 23.7 Å². The van der Waals surface area contributed by atoms with Crippen molar-refractivity contribution in [1.82, 2.24) is 9.71 Å². The van der Waals surface area contributed by atoms with Crippen molar-refractivity contribution in [1.29, 1.82) is 0 Å². The first-order chi connectivity index (χ1) is 7.88. The van der Waals surface area contributed by atoms with Gasteiger partial charge in [0.25, 0.3) is 10.0 Å². The molecule has 0 aliphatic rings. The molecule has 0 radical (unpaired) electrons. The molecule has 2 N–H and O–H groups in total. The van der Waals surface area contributed by atoms with Gasteiger partial charge >= 0.3 is 5.97 Å². The highest BCUT2D eigenvalue weighted by atomic mass is 32.2. The van der Waals surface area contributed by atoms with Crippen LogP contribution in [0, 0.1) is 12.3 Å². The zero-order valence-electron chi connectivity index (χ0n) is 8.87. The van der Waals surface area contributed by atoms with Crippen LogP contribution in [0.3, 0.4) is 0 Å². The molecule has 1 aromatic rings. The number of sulfonamides is 1. The second-order valence-corrected chi connectivity index (χ2v) is 5.99. The number of terminal acetylenes is 1. The number of carboxylic acid groups (broad SMARTS) is 1. The summed E-state index contributed by atoms with van der Waals surface area (Å²) in [5.74, 6) is 0.939. The van der Waals surface area contributed by atoms with Crippen LogP contribution in [0.1, 0.15) is 23.8 Å². The molecular weight excluding hydrogens is 264 g/mol. The molecule has 0 saturated carbocycles. The number of thiazole rings is 1. The molecule has 1 unspecified atom stereocenters. The van der Waals surface area contributed by atoms with Crippen molar-refractivity contribution in [2.45, 2.75) is 23.6 Å². The average Bonchev–Trinajstić information content (AvgIpc) is 2.65. The predicted molar refractivity (Wildman–Crippen MR) is 62.3 cm³/mol. The van der Waals surface area contributed by atoms with Crippen LogP contribution in [0.5, 0.6) is 0 Å². The van der Waals surface area contributed by atoms with E-state index in [1.807, 2.05) is 0 Å². The Hall–Kier alpha value is -1.43. The lowest BCUT2D eigenvalue weighted by atomic mass is 10.3. The van der Waals surface area contributed by atoms with Crippen LogP contribution in [-0.2, 0) is 10.0 Å². The summed E-state index contributed by atoms with van der Waals surface area (Å²) in [7, 11) is -3.88. The van der Waals surface area contributed by atoms with E-state index in [4.69, 9.17) is 11.5 Å². The topological polar surface area (TPSA) is 96.4 Å². The Kier molecular flexibility index (Phi) is 4.22. The van der Waals surface area contributed by atoms with E-state index in [2.05, 4.69) is 15.6 Å². The van der Waals surface area contributed by atoms with E-state index in [9.17, 15) is 13.2 Å². The number of rotatable bonds is 5. The monoisotopic (exact) mass is 274 g/mol. The van der Waals surface area contributed by atoms with Gasteiger partial charge in [-0.05, 0) is 6.92 Å². The van der Waals surface area contributed by atoms with E-state index in [0.29, 0.717) is 0 Å². The maximum absolute atomic E-state index is 11.8. The zero-order chi connectivity index (χ0) is 13.1. The van der Waals surface area contributed by atoms with Gasteiger partial charge in [0.2, 0.25) is 0 Å². The van der Waals surface area contributed by atoms with Gasteiger partial charge in [-0.1, -0.05) is 0 Å². The second kappa shape index (κ2) is 5.27. The Morgan fingerprint density at radius 1 is 1.76 bits per heavy atom.